The first-order valence-electron chi connectivity index (χ1n) is 4.78. The molecule has 0 amide bonds. The van der Waals surface area contributed by atoms with Crippen molar-refractivity contribution >= 4 is 0 Å². The highest BCUT2D eigenvalue weighted by atomic mass is 16.7. The topological polar surface area (TPSA) is 64.2 Å². The number of H-pyrrole nitrogens is 1. The van der Waals surface area contributed by atoms with Crippen LogP contribution in [0.4, 0.5) is 0 Å². The van der Waals surface area contributed by atoms with Crippen molar-refractivity contribution in [3.63, 3.8) is 0 Å². The summed E-state index contributed by atoms with van der Waals surface area (Å²) in [5.41, 5.74) is 1.35. The maximum atomic E-state index is 10.9. The van der Waals surface area contributed by atoms with E-state index in [-0.39, 0.29) is 12.4 Å². The lowest BCUT2D eigenvalue weighted by Gasteiger charge is -2.01. The summed E-state index contributed by atoms with van der Waals surface area (Å²) in [4.78, 5) is 17.5. The van der Waals surface area contributed by atoms with Gasteiger partial charge in [0.05, 0.1) is 11.9 Å². The van der Waals surface area contributed by atoms with E-state index in [1.807, 2.05) is 18.2 Å². The summed E-state index contributed by atoms with van der Waals surface area (Å²) in [6.07, 6.45) is 2.82. The van der Waals surface area contributed by atoms with Gasteiger partial charge in [0.25, 0.3) is 5.56 Å². The summed E-state index contributed by atoms with van der Waals surface area (Å²) in [7, 11) is 0. The molecule has 0 atom stereocenters. The van der Waals surface area contributed by atoms with Gasteiger partial charge in [0.2, 0.25) is 6.79 Å². The molecule has 0 spiro atoms. The summed E-state index contributed by atoms with van der Waals surface area (Å²) >= 11 is 0. The van der Waals surface area contributed by atoms with E-state index < -0.39 is 0 Å². The van der Waals surface area contributed by atoms with Crippen LogP contribution < -0.4 is 15.0 Å². The number of rotatable bonds is 1. The zero-order valence-corrected chi connectivity index (χ0v) is 8.27. The normalized spacial score (nSPS) is 12.8. The van der Waals surface area contributed by atoms with Gasteiger partial charge in [-0.15, -0.1) is 0 Å². The molecule has 0 radical (unpaired) electrons. The average molecular weight is 216 g/mol. The summed E-state index contributed by atoms with van der Waals surface area (Å²) in [6, 6.07) is 5.53. The van der Waals surface area contributed by atoms with Crippen LogP contribution in [0, 0.1) is 0 Å². The molecule has 0 saturated carbocycles. The maximum absolute atomic E-state index is 10.9. The van der Waals surface area contributed by atoms with Gasteiger partial charge in [-0.05, 0) is 18.2 Å². The van der Waals surface area contributed by atoms with Gasteiger partial charge in [0, 0.05) is 11.8 Å². The number of nitrogens with zero attached hydrogens (tertiary/aromatic N) is 1. The summed E-state index contributed by atoms with van der Waals surface area (Å²) < 4.78 is 10.5. The molecule has 0 fully saturated rings. The van der Waals surface area contributed by atoms with Gasteiger partial charge in [-0.2, -0.15) is 0 Å². The van der Waals surface area contributed by atoms with Crippen molar-refractivity contribution in [2.75, 3.05) is 6.79 Å². The molecule has 2 heterocycles. The fourth-order valence-electron chi connectivity index (χ4n) is 1.56. The highest BCUT2D eigenvalue weighted by molar-refractivity contribution is 5.63. The first-order chi connectivity index (χ1) is 7.83. The number of hydrogen-bond acceptors (Lipinski definition) is 4. The van der Waals surface area contributed by atoms with E-state index in [9.17, 15) is 4.79 Å². The van der Waals surface area contributed by atoms with Crippen LogP contribution in [0.25, 0.3) is 11.3 Å². The predicted molar refractivity (Wildman–Crippen MR) is 56.4 cm³/mol. The van der Waals surface area contributed by atoms with Crippen LogP contribution in [0.15, 0.2) is 35.4 Å². The minimum atomic E-state index is -0.218. The number of ether oxygens (including phenoxy) is 2. The number of fused-ring (bicyclic) bond motifs is 1. The zero-order chi connectivity index (χ0) is 11.0. The van der Waals surface area contributed by atoms with Crippen molar-refractivity contribution in [2.24, 2.45) is 0 Å². The van der Waals surface area contributed by atoms with Crippen LogP contribution in [-0.4, -0.2) is 16.8 Å². The average Bonchev–Trinajstić information content (AvgIpc) is 2.77. The zero-order valence-electron chi connectivity index (χ0n) is 8.27. The molecule has 3 rings (SSSR count). The van der Waals surface area contributed by atoms with Crippen molar-refractivity contribution < 1.29 is 9.47 Å². The van der Waals surface area contributed by atoms with Gasteiger partial charge < -0.3 is 14.5 Å². The largest absolute Gasteiger partial charge is 0.454 e. The Kier molecular flexibility index (Phi) is 1.89. The second kappa shape index (κ2) is 3.37. The third kappa shape index (κ3) is 1.42. The molecule has 0 bridgehead atoms. The van der Waals surface area contributed by atoms with E-state index in [0.717, 1.165) is 11.3 Å². The van der Waals surface area contributed by atoms with Crippen LogP contribution in [0.3, 0.4) is 0 Å². The van der Waals surface area contributed by atoms with Crippen LogP contribution >= 0.6 is 0 Å². The highest BCUT2D eigenvalue weighted by Crippen LogP contribution is 2.34. The molecule has 5 nitrogen and oxygen atoms in total. The Balaban J connectivity index is 2.07. The van der Waals surface area contributed by atoms with Crippen molar-refractivity contribution in [1.82, 2.24) is 9.97 Å². The monoisotopic (exact) mass is 216 g/mol. The number of aromatic nitrogens is 2. The molecular weight excluding hydrogens is 208 g/mol. The molecule has 1 aromatic heterocycles. The standard InChI is InChI=1S/C11H8N2O3/c14-11-5-12-8(4-13-11)7-1-2-9-10(3-7)16-6-15-9/h1-5H,6H2,(H,13,14). The first-order valence-corrected chi connectivity index (χ1v) is 4.78. The summed E-state index contributed by atoms with van der Waals surface area (Å²) in [5.74, 6) is 1.43. The fraction of sp³-hybridized carbons (Fsp3) is 0.0909. The fourth-order valence-corrected chi connectivity index (χ4v) is 1.56. The van der Waals surface area contributed by atoms with E-state index in [4.69, 9.17) is 9.47 Å². The number of aromatic amines is 1. The summed E-state index contributed by atoms with van der Waals surface area (Å²) in [6.45, 7) is 0.248. The summed E-state index contributed by atoms with van der Waals surface area (Å²) in [5, 5.41) is 0. The van der Waals surface area contributed by atoms with Crippen LogP contribution in [-0.2, 0) is 0 Å². The molecule has 80 valence electrons. The Morgan fingerprint density at radius 3 is 2.94 bits per heavy atom. The van der Waals surface area contributed by atoms with Crippen molar-refractivity contribution in [1.29, 1.82) is 0 Å². The van der Waals surface area contributed by atoms with Gasteiger partial charge >= 0.3 is 0 Å². The van der Waals surface area contributed by atoms with Gasteiger partial charge in [-0.25, -0.2) is 4.98 Å². The SMILES string of the molecule is O=c1cnc(-c2ccc3c(c2)OCO3)c[nH]1. The van der Waals surface area contributed by atoms with Gasteiger partial charge in [0.1, 0.15) is 0 Å². The third-order valence-corrected chi connectivity index (χ3v) is 2.34. The Morgan fingerprint density at radius 1 is 1.25 bits per heavy atom. The van der Waals surface area contributed by atoms with Crippen LogP contribution in [0.1, 0.15) is 0 Å². The molecule has 1 aliphatic heterocycles. The van der Waals surface area contributed by atoms with Gasteiger partial charge in [-0.3, -0.25) is 4.79 Å². The van der Waals surface area contributed by atoms with Crippen molar-refractivity contribution in [3.05, 3.63) is 40.9 Å². The lowest BCUT2D eigenvalue weighted by Crippen LogP contribution is -2.04. The third-order valence-electron chi connectivity index (χ3n) is 2.34. The second-order valence-corrected chi connectivity index (χ2v) is 3.36. The second-order valence-electron chi connectivity index (χ2n) is 3.36. The van der Waals surface area contributed by atoms with Gasteiger partial charge in [0.15, 0.2) is 11.5 Å². The highest BCUT2D eigenvalue weighted by Gasteiger charge is 2.14. The molecule has 2 aromatic rings. The molecule has 0 unspecified atom stereocenters. The maximum Gasteiger partial charge on any atom is 0.266 e. The molecule has 1 N–H and O–H groups in total. The van der Waals surface area contributed by atoms with E-state index in [2.05, 4.69) is 9.97 Å². The molecular formula is C11H8N2O3. The Labute approximate surface area is 90.7 Å². The van der Waals surface area contributed by atoms with Gasteiger partial charge in [-0.1, -0.05) is 0 Å². The number of benzene rings is 1. The van der Waals surface area contributed by atoms with Crippen LogP contribution in [0.5, 0.6) is 11.5 Å². The van der Waals surface area contributed by atoms with E-state index in [0.29, 0.717) is 11.4 Å². The van der Waals surface area contributed by atoms with E-state index >= 15 is 0 Å². The molecule has 1 aromatic carbocycles. The Hall–Kier alpha value is -2.30. The van der Waals surface area contributed by atoms with Crippen molar-refractivity contribution in [2.45, 2.75) is 0 Å². The van der Waals surface area contributed by atoms with Crippen LogP contribution in [0.2, 0.25) is 0 Å². The van der Waals surface area contributed by atoms with E-state index in [1.54, 1.807) is 6.20 Å². The predicted octanol–water partition coefficient (Wildman–Crippen LogP) is 1.17. The lowest BCUT2D eigenvalue weighted by molar-refractivity contribution is 0.174. The Morgan fingerprint density at radius 2 is 2.12 bits per heavy atom. The first kappa shape index (κ1) is 8.96. The molecule has 0 aliphatic carbocycles. The smallest absolute Gasteiger partial charge is 0.266 e. The minimum Gasteiger partial charge on any atom is -0.454 e. The number of nitrogens with one attached hydrogen (secondary N) is 1. The minimum absolute atomic E-state index is 0.218. The van der Waals surface area contributed by atoms with Crippen molar-refractivity contribution in [3.8, 4) is 22.8 Å². The molecule has 0 saturated heterocycles. The molecule has 16 heavy (non-hydrogen) atoms. The Bertz CT molecular complexity index is 572. The molecule has 5 heteroatoms. The quantitative estimate of drug-likeness (QED) is 0.777. The lowest BCUT2D eigenvalue weighted by atomic mass is 10.1. The van der Waals surface area contributed by atoms with E-state index in [1.165, 1.54) is 6.20 Å². The number of hydrogen-bond donors (Lipinski definition) is 1. The molecule has 1 aliphatic rings.